The number of carboxylic acid groups (broad SMARTS) is 1. The number of nitrogens with zero attached hydrogens (tertiary/aromatic N) is 2. The van der Waals surface area contributed by atoms with Gasteiger partial charge in [0.15, 0.2) is 0 Å². The third-order valence-electron chi connectivity index (χ3n) is 2.81. The molecule has 96 valence electrons. The molecule has 0 unspecified atom stereocenters. The highest BCUT2D eigenvalue weighted by atomic mass is 16.6. The molecule has 0 spiro atoms. The Morgan fingerprint density at radius 1 is 1.44 bits per heavy atom. The molecule has 0 saturated carbocycles. The first-order valence-electron chi connectivity index (χ1n) is 5.42. The summed E-state index contributed by atoms with van der Waals surface area (Å²) < 4.78 is 5.47. The summed E-state index contributed by atoms with van der Waals surface area (Å²) in [6.45, 7) is 0.917. The molecule has 0 aliphatic carbocycles. The Hall–Kier alpha value is -2.15. The van der Waals surface area contributed by atoms with Crippen LogP contribution in [0.3, 0.4) is 0 Å². The van der Waals surface area contributed by atoms with Gasteiger partial charge in [0, 0.05) is 18.7 Å². The number of hydrogen-bond acceptors (Lipinski definition) is 4. The summed E-state index contributed by atoms with van der Waals surface area (Å²) in [6.07, 6.45) is -1.35. The Labute approximate surface area is 103 Å². The fraction of sp³-hybridized carbons (Fsp3) is 0.364. The van der Waals surface area contributed by atoms with Crippen LogP contribution in [-0.4, -0.2) is 40.7 Å². The fourth-order valence-corrected chi connectivity index (χ4v) is 1.84. The summed E-state index contributed by atoms with van der Waals surface area (Å²) in [4.78, 5) is 22.2. The van der Waals surface area contributed by atoms with Crippen molar-refractivity contribution in [2.45, 2.75) is 6.10 Å². The van der Waals surface area contributed by atoms with Gasteiger partial charge in [-0.2, -0.15) is 0 Å². The van der Waals surface area contributed by atoms with Crippen LogP contribution in [0.5, 0.6) is 0 Å². The van der Waals surface area contributed by atoms with Crippen LogP contribution in [0.1, 0.15) is 11.7 Å². The SMILES string of the molecule is O=C(O)N1CCO[C@@H](c2ccc([N+](=O)[O-])cc2)C1. The molecular weight excluding hydrogens is 240 g/mol. The van der Waals surface area contributed by atoms with Crippen LogP contribution in [-0.2, 0) is 4.74 Å². The zero-order chi connectivity index (χ0) is 13.1. The van der Waals surface area contributed by atoms with Gasteiger partial charge in [0.2, 0.25) is 0 Å². The minimum atomic E-state index is -0.981. The molecule has 1 N–H and O–H groups in total. The lowest BCUT2D eigenvalue weighted by Gasteiger charge is -2.31. The highest BCUT2D eigenvalue weighted by Gasteiger charge is 2.25. The van der Waals surface area contributed by atoms with E-state index in [4.69, 9.17) is 9.84 Å². The largest absolute Gasteiger partial charge is 0.465 e. The zero-order valence-corrected chi connectivity index (χ0v) is 9.48. The second-order valence-corrected chi connectivity index (χ2v) is 3.94. The normalized spacial score (nSPS) is 19.6. The van der Waals surface area contributed by atoms with Crippen molar-refractivity contribution in [2.75, 3.05) is 19.7 Å². The van der Waals surface area contributed by atoms with Crippen molar-refractivity contribution in [2.24, 2.45) is 0 Å². The van der Waals surface area contributed by atoms with Crippen LogP contribution >= 0.6 is 0 Å². The quantitative estimate of drug-likeness (QED) is 0.638. The summed E-state index contributed by atoms with van der Waals surface area (Å²) in [5, 5.41) is 19.4. The van der Waals surface area contributed by atoms with Gasteiger partial charge >= 0.3 is 6.09 Å². The number of nitro groups is 1. The first-order chi connectivity index (χ1) is 8.58. The Morgan fingerprint density at radius 2 is 2.11 bits per heavy atom. The number of nitro benzene ring substituents is 1. The minimum absolute atomic E-state index is 0.00431. The van der Waals surface area contributed by atoms with Crippen molar-refractivity contribution in [3.63, 3.8) is 0 Å². The highest BCUT2D eigenvalue weighted by Crippen LogP contribution is 2.24. The van der Waals surface area contributed by atoms with E-state index in [0.717, 1.165) is 5.56 Å². The molecule has 1 aliphatic heterocycles. The number of non-ortho nitro benzene ring substituents is 1. The Kier molecular flexibility index (Phi) is 3.42. The van der Waals surface area contributed by atoms with E-state index < -0.39 is 11.0 Å². The monoisotopic (exact) mass is 252 g/mol. The van der Waals surface area contributed by atoms with Crippen molar-refractivity contribution in [1.29, 1.82) is 0 Å². The smallest absolute Gasteiger partial charge is 0.407 e. The first-order valence-corrected chi connectivity index (χ1v) is 5.42. The number of morpholine rings is 1. The van der Waals surface area contributed by atoms with Gasteiger partial charge in [-0.1, -0.05) is 0 Å². The topological polar surface area (TPSA) is 92.9 Å². The Morgan fingerprint density at radius 3 is 2.67 bits per heavy atom. The summed E-state index contributed by atoms with van der Waals surface area (Å²) >= 11 is 0. The average molecular weight is 252 g/mol. The standard InChI is InChI=1S/C11H12N2O5/c14-11(15)12-5-6-18-10(7-12)8-1-3-9(4-2-8)13(16)17/h1-4,10H,5-7H2,(H,14,15)/t10-/m1/s1. The van der Waals surface area contributed by atoms with Crippen LogP contribution in [0.2, 0.25) is 0 Å². The van der Waals surface area contributed by atoms with Gasteiger partial charge in [-0.3, -0.25) is 10.1 Å². The zero-order valence-electron chi connectivity index (χ0n) is 9.48. The van der Waals surface area contributed by atoms with E-state index in [1.54, 1.807) is 12.1 Å². The molecule has 1 aliphatic rings. The molecule has 1 heterocycles. The van der Waals surface area contributed by atoms with E-state index in [9.17, 15) is 14.9 Å². The number of amides is 1. The van der Waals surface area contributed by atoms with E-state index in [-0.39, 0.29) is 18.3 Å². The predicted octanol–water partition coefficient (Wildman–Crippen LogP) is 1.65. The molecule has 18 heavy (non-hydrogen) atoms. The molecule has 7 heteroatoms. The summed E-state index contributed by atoms with van der Waals surface area (Å²) in [5.41, 5.74) is 0.746. The first kappa shape index (κ1) is 12.3. The molecule has 2 rings (SSSR count). The lowest BCUT2D eigenvalue weighted by molar-refractivity contribution is -0.384. The molecule has 1 amide bonds. The molecule has 0 bridgehead atoms. The second kappa shape index (κ2) is 5.01. The summed E-state index contributed by atoms with van der Waals surface area (Å²) in [6, 6.07) is 5.96. The van der Waals surface area contributed by atoms with Crippen molar-refractivity contribution in [1.82, 2.24) is 4.90 Å². The number of benzene rings is 1. The van der Waals surface area contributed by atoms with Crippen LogP contribution in [0, 0.1) is 10.1 Å². The van der Waals surface area contributed by atoms with Gasteiger partial charge in [-0.25, -0.2) is 4.79 Å². The number of ether oxygens (including phenoxy) is 1. The van der Waals surface area contributed by atoms with Crippen LogP contribution < -0.4 is 0 Å². The van der Waals surface area contributed by atoms with Crippen molar-refractivity contribution in [3.05, 3.63) is 39.9 Å². The average Bonchev–Trinajstić information content (AvgIpc) is 2.39. The Balaban J connectivity index is 2.11. The summed E-state index contributed by atoms with van der Waals surface area (Å²) in [5.74, 6) is 0. The van der Waals surface area contributed by atoms with E-state index in [2.05, 4.69) is 0 Å². The third-order valence-corrected chi connectivity index (χ3v) is 2.81. The van der Waals surface area contributed by atoms with E-state index in [0.29, 0.717) is 13.2 Å². The summed E-state index contributed by atoms with van der Waals surface area (Å²) in [7, 11) is 0. The van der Waals surface area contributed by atoms with Crippen LogP contribution in [0.15, 0.2) is 24.3 Å². The van der Waals surface area contributed by atoms with Gasteiger partial charge in [0.25, 0.3) is 5.69 Å². The van der Waals surface area contributed by atoms with Gasteiger partial charge in [-0.15, -0.1) is 0 Å². The Bertz CT molecular complexity index is 459. The molecular formula is C11H12N2O5. The van der Waals surface area contributed by atoms with Gasteiger partial charge in [0.1, 0.15) is 6.10 Å². The number of carbonyl (C=O) groups is 1. The minimum Gasteiger partial charge on any atom is -0.465 e. The predicted molar refractivity (Wildman–Crippen MR) is 61.4 cm³/mol. The maximum atomic E-state index is 10.9. The van der Waals surface area contributed by atoms with Crippen LogP contribution in [0.25, 0.3) is 0 Å². The molecule has 1 aromatic carbocycles. The van der Waals surface area contributed by atoms with Gasteiger partial charge in [-0.05, 0) is 17.7 Å². The van der Waals surface area contributed by atoms with Crippen molar-refractivity contribution >= 4 is 11.8 Å². The van der Waals surface area contributed by atoms with Crippen molar-refractivity contribution in [3.8, 4) is 0 Å². The maximum Gasteiger partial charge on any atom is 0.407 e. The van der Waals surface area contributed by atoms with E-state index in [1.165, 1.54) is 17.0 Å². The van der Waals surface area contributed by atoms with E-state index >= 15 is 0 Å². The second-order valence-electron chi connectivity index (χ2n) is 3.94. The van der Waals surface area contributed by atoms with Crippen molar-refractivity contribution < 1.29 is 19.6 Å². The lowest BCUT2D eigenvalue weighted by Crippen LogP contribution is -2.41. The maximum absolute atomic E-state index is 10.9. The van der Waals surface area contributed by atoms with Gasteiger partial charge in [0.05, 0.1) is 18.1 Å². The molecule has 0 aromatic heterocycles. The van der Waals surface area contributed by atoms with Crippen LogP contribution in [0.4, 0.5) is 10.5 Å². The molecule has 1 fully saturated rings. The number of hydrogen-bond donors (Lipinski definition) is 1. The van der Waals surface area contributed by atoms with E-state index in [1.807, 2.05) is 0 Å². The highest BCUT2D eigenvalue weighted by molar-refractivity contribution is 5.65. The lowest BCUT2D eigenvalue weighted by atomic mass is 10.1. The molecule has 1 aromatic rings. The molecule has 0 radical (unpaired) electrons. The molecule has 1 saturated heterocycles. The van der Waals surface area contributed by atoms with Gasteiger partial charge < -0.3 is 14.7 Å². The fourth-order valence-electron chi connectivity index (χ4n) is 1.84. The molecule has 7 nitrogen and oxygen atoms in total. The number of rotatable bonds is 2. The third kappa shape index (κ3) is 2.57. The molecule has 1 atom stereocenters.